The summed E-state index contributed by atoms with van der Waals surface area (Å²) in [6, 6.07) is 16.4. The Morgan fingerprint density at radius 1 is 1.04 bits per heavy atom. The number of nitrogens with one attached hydrogen (secondary N) is 1. The Labute approximate surface area is 156 Å². The Kier molecular flexibility index (Phi) is 3.57. The van der Waals surface area contributed by atoms with Crippen molar-refractivity contribution in [2.45, 2.75) is 25.3 Å². The van der Waals surface area contributed by atoms with E-state index in [1.807, 2.05) is 42.5 Å². The fourth-order valence-electron chi connectivity index (χ4n) is 3.83. The number of phenols is 1. The van der Waals surface area contributed by atoms with Gasteiger partial charge in [-0.15, -0.1) is 5.10 Å². The quantitative estimate of drug-likeness (QED) is 0.731. The summed E-state index contributed by atoms with van der Waals surface area (Å²) < 4.78 is 1.79. The normalized spacial score (nSPS) is 18.7. The van der Waals surface area contributed by atoms with Crippen LogP contribution < -0.4 is 5.32 Å². The lowest BCUT2D eigenvalue weighted by molar-refractivity contribution is -0.116. The Morgan fingerprint density at radius 2 is 1.81 bits per heavy atom. The van der Waals surface area contributed by atoms with E-state index in [0.29, 0.717) is 18.2 Å². The average molecular weight is 358 g/mol. The minimum absolute atomic E-state index is 0.143. The number of rotatable bonds is 2. The van der Waals surface area contributed by atoms with E-state index in [-0.39, 0.29) is 17.6 Å². The SMILES string of the molecule is O=C1CCCC2=C1C(c1ccc(O)cc1)n1nc(-c3ccccc3)nc1N2. The molecule has 0 amide bonds. The first-order valence-corrected chi connectivity index (χ1v) is 9.05. The number of hydrogen-bond acceptors (Lipinski definition) is 5. The molecule has 1 aromatic heterocycles. The molecule has 6 nitrogen and oxygen atoms in total. The van der Waals surface area contributed by atoms with E-state index in [9.17, 15) is 9.90 Å². The van der Waals surface area contributed by atoms with Crippen molar-refractivity contribution >= 4 is 11.7 Å². The zero-order valence-corrected chi connectivity index (χ0v) is 14.6. The second kappa shape index (κ2) is 6.09. The fraction of sp³-hybridized carbons (Fsp3) is 0.190. The van der Waals surface area contributed by atoms with Gasteiger partial charge in [0.15, 0.2) is 11.6 Å². The van der Waals surface area contributed by atoms with Crippen LogP contribution in [0.25, 0.3) is 11.4 Å². The Hall–Kier alpha value is -3.41. The van der Waals surface area contributed by atoms with Gasteiger partial charge in [0.2, 0.25) is 5.95 Å². The number of fused-ring (bicyclic) bond motifs is 1. The van der Waals surface area contributed by atoms with Gasteiger partial charge < -0.3 is 10.4 Å². The molecule has 3 aromatic rings. The Bertz CT molecular complexity index is 1050. The molecule has 1 aliphatic heterocycles. The lowest BCUT2D eigenvalue weighted by Gasteiger charge is -2.32. The number of phenolic OH excluding ortho intramolecular Hbond substituents is 1. The van der Waals surface area contributed by atoms with Crippen molar-refractivity contribution in [3.05, 3.63) is 71.4 Å². The molecule has 0 saturated carbocycles. The van der Waals surface area contributed by atoms with Crippen molar-refractivity contribution in [3.8, 4) is 17.1 Å². The highest BCUT2D eigenvalue weighted by atomic mass is 16.3. The summed E-state index contributed by atoms with van der Waals surface area (Å²) in [4.78, 5) is 17.4. The van der Waals surface area contributed by atoms with E-state index >= 15 is 0 Å². The minimum atomic E-state index is -0.338. The molecule has 2 aliphatic rings. The molecule has 2 N–H and O–H groups in total. The number of Topliss-reactive ketones (excluding diaryl/α,β-unsaturated/α-hetero) is 1. The van der Waals surface area contributed by atoms with Crippen LogP contribution in [0, 0.1) is 0 Å². The van der Waals surface area contributed by atoms with Crippen LogP contribution in [-0.2, 0) is 4.79 Å². The topological polar surface area (TPSA) is 80.0 Å². The molecule has 1 atom stereocenters. The molecule has 0 saturated heterocycles. The number of aromatic hydroxyl groups is 1. The van der Waals surface area contributed by atoms with Crippen molar-refractivity contribution in [2.75, 3.05) is 5.32 Å². The molecule has 134 valence electrons. The fourth-order valence-corrected chi connectivity index (χ4v) is 3.83. The molecule has 0 radical (unpaired) electrons. The number of hydrogen-bond donors (Lipinski definition) is 2. The maximum Gasteiger partial charge on any atom is 0.226 e. The number of nitrogens with zero attached hydrogens (tertiary/aromatic N) is 3. The first-order valence-electron chi connectivity index (χ1n) is 9.05. The largest absolute Gasteiger partial charge is 0.508 e. The number of benzene rings is 2. The third kappa shape index (κ3) is 2.61. The maximum absolute atomic E-state index is 12.8. The highest BCUT2D eigenvalue weighted by Crippen LogP contribution is 2.40. The highest BCUT2D eigenvalue weighted by molar-refractivity contribution is 5.99. The van der Waals surface area contributed by atoms with E-state index in [1.54, 1.807) is 16.8 Å². The summed E-state index contributed by atoms with van der Waals surface area (Å²) in [7, 11) is 0. The van der Waals surface area contributed by atoms with E-state index < -0.39 is 0 Å². The number of carbonyl (C=O) groups is 1. The molecule has 1 unspecified atom stereocenters. The molecule has 27 heavy (non-hydrogen) atoms. The van der Waals surface area contributed by atoms with Crippen LogP contribution in [0.2, 0.25) is 0 Å². The van der Waals surface area contributed by atoms with E-state index in [1.165, 1.54) is 0 Å². The van der Waals surface area contributed by atoms with Crippen molar-refractivity contribution in [3.63, 3.8) is 0 Å². The monoisotopic (exact) mass is 358 g/mol. The van der Waals surface area contributed by atoms with Gasteiger partial charge in [-0.05, 0) is 30.5 Å². The van der Waals surface area contributed by atoms with Crippen LogP contribution >= 0.6 is 0 Å². The summed E-state index contributed by atoms with van der Waals surface area (Å²) in [5.41, 5.74) is 3.52. The van der Waals surface area contributed by atoms with Gasteiger partial charge in [0.25, 0.3) is 0 Å². The zero-order chi connectivity index (χ0) is 18.4. The second-order valence-electron chi connectivity index (χ2n) is 6.86. The third-order valence-corrected chi connectivity index (χ3v) is 5.11. The number of allylic oxidation sites excluding steroid dienone is 2. The number of carbonyl (C=O) groups excluding carboxylic acids is 1. The summed E-state index contributed by atoms with van der Waals surface area (Å²) in [6.07, 6.45) is 2.21. The molecule has 5 rings (SSSR count). The van der Waals surface area contributed by atoms with Crippen LogP contribution in [0.5, 0.6) is 5.75 Å². The molecule has 1 aliphatic carbocycles. The number of aromatic nitrogens is 3. The molecule has 0 spiro atoms. The van der Waals surface area contributed by atoms with E-state index in [0.717, 1.165) is 35.2 Å². The average Bonchev–Trinajstić information content (AvgIpc) is 3.12. The Balaban J connectivity index is 1.68. The van der Waals surface area contributed by atoms with Gasteiger partial charge in [0.1, 0.15) is 11.8 Å². The summed E-state index contributed by atoms with van der Waals surface area (Å²) in [5, 5.41) is 17.7. The van der Waals surface area contributed by atoms with Gasteiger partial charge in [0.05, 0.1) is 0 Å². The highest BCUT2D eigenvalue weighted by Gasteiger charge is 2.36. The molecular weight excluding hydrogens is 340 g/mol. The lowest BCUT2D eigenvalue weighted by atomic mass is 9.85. The molecule has 0 fully saturated rings. The van der Waals surface area contributed by atoms with Gasteiger partial charge in [-0.1, -0.05) is 42.5 Å². The number of ketones is 1. The van der Waals surface area contributed by atoms with Crippen molar-refractivity contribution < 1.29 is 9.90 Å². The van der Waals surface area contributed by atoms with Gasteiger partial charge in [-0.3, -0.25) is 4.79 Å². The summed E-state index contributed by atoms with van der Waals surface area (Å²) >= 11 is 0. The van der Waals surface area contributed by atoms with Crippen LogP contribution in [0.3, 0.4) is 0 Å². The second-order valence-corrected chi connectivity index (χ2v) is 6.86. The summed E-state index contributed by atoms with van der Waals surface area (Å²) in [6.45, 7) is 0. The molecule has 6 heteroatoms. The standard InChI is InChI=1S/C21H18N4O2/c26-15-11-9-13(10-12-15)19-18-16(7-4-8-17(18)27)22-21-23-20(24-25(19)21)14-5-2-1-3-6-14/h1-3,5-6,9-12,19,26H,4,7-8H2,(H,22,23,24). The van der Waals surface area contributed by atoms with Crippen molar-refractivity contribution in [2.24, 2.45) is 0 Å². The predicted octanol–water partition coefficient (Wildman–Crippen LogP) is 3.67. The van der Waals surface area contributed by atoms with Crippen LogP contribution in [0.15, 0.2) is 65.9 Å². The molecule has 0 bridgehead atoms. The minimum Gasteiger partial charge on any atom is -0.508 e. The molecule has 2 heterocycles. The summed E-state index contributed by atoms with van der Waals surface area (Å²) in [5.74, 6) is 1.60. The Morgan fingerprint density at radius 3 is 2.59 bits per heavy atom. The van der Waals surface area contributed by atoms with Gasteiger partial charge >= 0.3 is 0 Å². The predicted molar refractivity (Wildman–Crippen MR) is 101 cm³/mol. The maximum atomic E-state index is 12.8. The smallest absolute Gasteiger partial charge is 0.226 e. The van der Waals surface area contributed by atoms with Crippen molar-refractivity contribution in [1.82, 2.24) is 14.8 Å². The van der Waals surface area contributed by atoms with Gasteiger partial charge in [-0.25, -0.2) is 4.68 Å². The lowest BCUT2D eigenvalue weighted by Crippen LogP contribution is -2.31. The zero-order valence-electron chi connectivity index (χ0n) is 14.6. The van der Waals surface area contributed by atoms with Crippen LogP contribution in [0.1, 0.15) is 30.9 Å². The van der Waals surface area contributed by atoms with Crippen molar-refractivity contribution in [1.29, 1.82) is 0 Å². The van der Waals surface area contributed by atoms with Gasteiger partial charge in [0, 0.05) is 23.3 Å². The first kappa shape index (κ1) is 15.8. The molecular formula is C21H18N4O2. The number of anilines is 1. The van der Waals surface area contributed by atoms with Gasteiger partial charge in [-0.2, -0.15) is 4.98 Å². The van der Waals surface area contributed by atoms with E-state index in [2.05, 4.69) is 10.3 Å². The van der Waals surface area contributed by atoms with Crippen LogP contribution in [0.4, 0.5) is 5.95 Å². The molecule has 2 aromatic carbocycles. The van der Waals surface area contributed by atoms with E-state index in [4.69, 9.17) is 5.10 Å². The third-order valence-electron chi connectivity index (χ3n) is 5.11. The van der Waals surface area contributed by atoms with Crippen LogP contribution in [-0.4, -0.2) is 25.7 Å². The first-order chi connectivity index (χ1) is 13.2.